The molecule has 0 aliphatic heterocycles. The maximum Gasteiger partial charge on any atom is 0.310 e. The van der Waals surface area contributed by atoms with Gasteiger partial charge in [-0.3, -0.25) is 4.79 Å². The van der Waals surface area contributed by atoms with Crippen molar-refractivity contribution in [2.75, 3.05) is 0 Å². The molecule has 1 aliphatic carbocycles. The molecular formula is C12H18O2. The Morgan fingerprint density at radius 1 is 1.71 bits per heavy atom. The van der Waals surface area contributed by atoms with Crippen LogP contribution in [0.25, 0.3) is 0 Å². The molecule has 0 saturated heterocycles. The fourth-order valence-electron chi connectivity index (χ4n) is 1.57. The minimum atomic E-state index is -0.134. The summed E-state index contributed by atoms with van der Waals surface area (Å²) in [6, 6.07) is 0. The van der Waals surface area contributed by atoms with Gasteiger partial charge in [-0.2, -0.15) is 0 Å². The summed E-state index contributed by atoms with van der Waals surface area (Å²) in [7, 11) is 0. The number of hydrogen-bond acceptors (Lipinski definition) is 2. The zero-order valence-corrected chi connectivity index (χ0v) is 9.01. The van der Waals surface area contributed by atoms with E-state index in [0.29, 0.717) is 12.3 Å². The van der Waals surface area contributed by atoms with Crippen LogP contribution in [0.15, 0.2) is 24.0 Å². The predicted octanol–water partition coefficient (Wildman–Crippen LogP) is 3.20. The molecule has 0 aromatic rings. The van der Waals surface area contributed by atoms with Gasteiger partial charge in [0.25, 0.3) is 0 Å². The van der Waals surface area contributed by atoms with Crippen LogP contribution >= 0.6 is 0 Å². The van der Waals surface area contributed by atoms with Crippen LogP contribution in [0.5, 0.6) is 0 Å². The fourth-order valence-corrected chi connectivity index (χ4v) is 1.57. The van der Waals surface area contributed by atoms with Crippen LogP contribution in [0.3, 0.4) is 0 Å². The SMILES string of the molecule is C=C(C)C1CC=C(OC(=O)CC)CC1. The van der Waals surface area contributed by atoms with E-state index >= 15 is 0 Å². The number of ether oxygens (including phenoxy) is 1. The lowest BCUT2D eigenvalue weighted by Crippen LogP contribution is -2.10. The molecule has 1 rings (SSSR count). The lowest BCUT2D eigenvalue weighted by Gasteiger charge is -2.21. The average molecular weight is 194 g/mol. The highest BCUT2D eigenvalue weighted by Crippen LogP contribution is 2.28. The topological polar surface area (TPSA) is 26.3 Å². The molecule has 1 aliphatic rings. The van der Waals surface area contributed by atoms with Gasteiger partial charge in [0.1, 0.15) is 5.76 Å². The summed E-state index contributed by atoms with van der Waals surface area (Å²) < 4.78 is 5.16. The monoisotopic (exact) mass is 194 g/mol. The second-order valence-corrected chi connectivity index (χ2v) is 3.82. The highest BCUT2D eigenvalue weighted by atomic mass is 16.5. The minimum Gasteiger partial charge on any atom is -0.431 e. The maximum atomic E-state index is 11.0. The number of carbonyl (C=O) groups excluding carboxylic acids is 1. The van der Waals surface area contributed by atoms with E-state index in [0.717, 1.165) is 25.0 Å². The van der Waals surface area contributed by atoms with E-state index in [4.69, 9.17) is 4.74 Å². The van der Waals surface area contributed by atoms with Gasteiger partial charge in [-0.25, -0.2) is 0 Å². The normalized spacial score (nSPS) is 21.3. The van der Waals surface area contributed by atoms with E-state index in [2.05, 4.69) is 13.5 Å². The van der Waals surface area contributed by atoms with E-state index in [1.165, 1.54) is 5.57 Å². The zero-order valence-electron chi connectivity index (χ0n) is 9.01. The molecule has 0 radical (unpaired) electrons. The van der Waals surface area contributed by atoms with Gasteiger partial charge in [-0.1, -0.05) is 19.1 Å². The van der Waals surface area contributed by atoms with Crippen LogP contribution in [-0.4, -0.2) is 5.97 Å². The first kappa shape index (κ1) is 11.0. The molecule has 0 fully saturated rings. The number of allylic oxidation sites excluding steroid dienone is 3. The molecule has 1 atom stereocenters. The van der Waals surface area contributed by atoms with E-state index < -0.39 is 0 Å². The second-order valence-electron chi connectivity index (χ2n) is 3.82. The average Bonchev–Trinajstić information content (AvgIpc) is 2.18. The highest BCUT2D eigenvalue weighted by Gasteiger charge is 2.16. The van der Waals surface area contributed by atoms with Gasteiger partial charge in [0.2, 0.25) is 0 Å². The van der Waals surface area contributed by atoms with Crippen molar-refractivity contribution in [2.24, 2.45) is 5.92 Å². The third kappa shape index (κ3) is 3.02. The number of esters is 1. The third-order valence-corrected chi connectivity index (χ3v) is 2.60. The van der Waals surface area contributed by atoms with Gasteiger partial charge in [-0.05, 0) is 31.8 Å². The molecule has 0 aromatic carbocycles. The van der Waals surface area contributed by atoms with Crippen molar-refractivity contribution in [3.63, 3.8) is 0 Å². The number of hydrogen-bond donors (Lipinski definition) is 0. The standard InChI is InChI=1S/C12H18O2/c1-4-12(13)14-11-7-5-10(6-8-11)9(2)3/h7,10H,2,4-6,8H2,1,3H3. The highest BCUT2D eigenvalue weighted by molar-refractivity contribution is 5.70. The Hall–Kier alpha value is -1.05. The third-order valence-electron chi connectivity index (χ3n) is 2.60. The van der Waals surface area contributed by atoms with Crippen LogP contribution in [0.1, 0.15) is 39.5 Å². The minimum absolute atomic E-state index is 0.134. The van der Waals surface area contributed by atoms with Crippen molar-refractivity contribution in [1.29, 1.82) is 0 Å². The van der Waals surface area contributed by atoms with E-state index in [9.17, 15) is 4.79 Å². The Morgan fingerprint density at radius 2 is 2.43 bits per heavy atom. The smallest absolute Gasteiger partial charge is 0.310 e. The van der Waals surface area contributed by atoms with Gasteiger partial charge in [0, 0.05) is 12.8 Å². The molecule has 0 amide bonds. The number of carbonyl (C=O) groups is 1. The van der Waals surface area contributed by atoms with E-state index in [1.54, 1.807) is 0 Å². The first-order chi connectivity index (χ1) is 6.63. The van der Waals surface area contributed by atoms with Gasteiger partial charge in [0.05, 0.1) is 0 Å². The first-order valence-corrected chi connectivity index (χ1v) is 5.18. The van der Waals surface area contributed by atoms with Crippen molar-refractivity contribution < 1.29 is 9.53 Å². The summed E-state index contributed by atoms with van der Waals surface area (Å²) in [5.41, 5.74) is 1.22. The number of rotatable bonds is 3. The van der Waals surface area contributed by atoms with Crippen LogP contribution in [-0.2, 0) is 9.53 Å². The zero-order chi connectivity index (χ0) is 10.6. The Kier molecular flexibility index (Phi) is 3.93. The molecule has 1 unspecified atom stereocenters. The summed E-state index contributed by atoms with van der Waals surface area (Å²) in [5, 5.41) is 0. The van der Waals surface area contributed by atoms with Crippen LogP contribution in [0, 0.1) is 5.92 Å². The van der Waals surface area contributed by atoms with Gasteiger partial charge in [-0.15, -0.1) is 0 Å². The predicted molar refractivity (Wildman–Crippen MR) is 56.6 cm³/mol. The fraction of sp³-hybridized carbons (Fsp3) is 0.583. The van der Waals surface area contributed by atoms with Crippen molar-refractivity contribution >= 4 is 5.97 Å². The Bertz CT molecular complexity index is 263. The Morgan fingerprint density at radius 3 is 2.86 bits per heavy atom. The van der Waals surface area contributed by atoms with E-state index in [-0.39, 0.29) is 5.97 Å². The molecule has 0 bridgehead atoms. The van der Waals surface area contributed by atoms with Gasteiger partial charge < -0.3 is 4.74 Å². The van der Waals surface area contributed by atoms with Crippen LogP contribution in [0.2, 0.25) is 0 Å². The molecule has 0 saturated carbocycles. The molecule has 0 N–H and O–H groups in total. The van der Waals surface area contributed by atoms with E-state index in [1.807, 2.05) is 13.0 Å². The molecular weight excluding hydrogens is 176 g/mol. The Labute approximate surface area is 85.6 Å². The maximum absolute atomic E-state index is 11.0. The summed E-state index contributed by atoms with van der Waals surface area (Å²) in [6.07, 6.45) is 5.35. The lowest BCUT2D eigenvalue weighted by molar-refractivity contribution is -0.139. The Balaban J connectivity index is 2.45. The second kappa shape index (κ2) is 4.99. The molecule has 2 heteroatoms. The molecule has 0 spiro atoms. The first-order valence-electron chi connectivity index (χ1n) is 5.18. The van der Waals surface area contributed by atoms with Crippen LogP contribution < -0.4 is 0 Å². The molecule has 2 nitrogen and oxygen atoms in total. The molecule has 14 heavy (non-hydrogen) atoms. The summed E-state index contributed by atoms with van der Waals surface area (Å²) >= 11 is 0. The molecule has 0 aromatic heterocycles. The van der Waals surface area contributed by atoms with Crippen molar-refractivity contribution in [3.05, 3.63) is 24.0 Å². The van der Waals surface area contributed by atoms with Crippen molar-refractivity contribution in [3.8, 4) is 0 Å². The van der Waals surface area contributed by atoms with Crippen molar-refractivity contribution in [1.82, 2.24) is 0 Å². The van der Waals surface area contributed by atoms with Crippen LogP contribution in [0.4, 0.5) is 0 Å². The summed E-state index contributed by atoms with van der Waals surface area (Å²) in [6.45, 7) is 7.81. The van der Waals surface area contributed by atoms with Gasteiger partial charge >= 0.3 is 5.97 Å². The summed E-state index contributed by atoms with van der Waals surface area (Å²) in [5.74, 6) is 1.28. The summed E-state index contributed by atoms with van der Waals surface area (Å²) in [4.78, 5) is 11.0. The van der Waals surface area contributed by atoms with Crippen molar-refractivity contribution in [2.45, 2.75) is 39.5 Å². The largest absolute Gasteiger partial charge is 0.431 e. The van der Waals surface area contributed by atoms with Gasteiger partial charge in [0.15, 0.2) is 0 Å². The lowest BCUT2D eigenvalue weighted by atomic mass is 9.88. The molecule has 0 heterocycles. The molecule has 78 valence electrons. The quantitative estimate of drug-likeness (QED) is 0.509.